The summed E-state index contributed by atoms with van der Waals surface area (Å²) in [5.41, 5.74) is 2.16. The lowest BCUT2D eigenvalue weighted by Gasteiger charge is -2.12. The van der Waals surface area contributed by atoms with Crippen molar-refractivity contribution in [2.24, 2.45) is 0 Å². The largest absolute Gasteiger partial charge is 0.482 e. The number of sulfonamides is 1. The van der Waals surface area contributed by atoms with Crippen molar-refractivity contribution in [3.05, 3.63) is 87.9 Å². The number of carbonyl (C=O) groups excluding carboxylic acids is 1. The van der Waals surface area contributed by atoms with E-state index in [1.54, 1.807) is 25.1 Å². The smallest absolute Gasteiger partial charge is 0.262 e. The van der Waals surface area contributed by atoms with Crippen molar-refractivity contribution in [1.82, 2.24) is 4.72 Å². The summed E-state index contributed by atoms with van der Waals surface area (Å²) in [7, 11) is -3.76. The minimum Gasteiger partial charge on any atom is -0.482 e. The van der Waals surface area contributed by atoms with Crippen LogP contribution in [0.3, 0.4) is 0 Å². The molecule has 0 saturated heterocycles. The Morgan fingerprint density at radius 1 is 0.968 bits per heavy atom. The fourth-order valence-electron chi connectivity index (χ4n) is 2.70. The van der Waals surface area contributed by atoms with E-state index in [0.29, 0.717) is 10.7 Å². The normalized spacial score (nSPS) is 11.2. The van der Waals surface area contributed by atoms with Gasteiger partial charge in [0.1, 0.15) is 5.75 Å². The number of ether oxygens (including phenoxy) is 1. The van der Waals surface area contributed by atoms with Crippen molar-refractivity contribution in [1.29, 1.82) is 0 Å². The summed E-state index contributed by atoms with van der Waals surface area (Å²) in [4.78, 5) is 12.2. The Morgan fingerprint density at radius 2 is 1.71 bits per heavy atom. The third kappa shape index (κ3) is 6.21. The van der Waals surface area contributed by atoms with Crippen LogP contribution < -0.4 is 14.8 Å². The molecule has 9 heteroatoms. The predicted octanol–water partition coefficient (Wildman–Crippen LogP) is 4.80. The summed E-state index contributed by atoms with van der Waals surface area (Å²) in [5, 5.41) is 3.33. The molecule has 3 rings (SSSR count). The van der Waals surface area contributed by atoms with Crippen LogP contribution in [0.5, 0.6) is 5.75 Å². The van der Waals surface area contributed by atoms with Crippen LogP contribution in [0.25, 0.3) is 0 Å². The Hall–Kier alpha value is -2.58. The number of amides is 1. The van der Waals surface area contributed by atoms with Gasteiger partial charge in [-0.15, -0.1) is 0 Å². The monoisotopic (exact) mass is 478 g/mol. The van der Waals surface area contributed by atoms with Crippen LogP contribution in [0.1, 0.15) is 11.1 Å². The molecule has 6 nitrogen and oxygen atoms in total. The quantitative estimate of drug-likeness (QED) is 0.486. The van der Waals surface area contributed by atoms with Gasteiger partial charge in [-0.2, -0.15) is 0 Å². The van der Waals surface area contributed by atoms with E-state index in [9.17, 15) is 13.2 Å². The molecule has 1 amide bonds. The van der Waals surface area contributed by atoms with Crippen molar-refractivity contribution < 1.29 is 17.9 Å². The van der Waals surface area contributed by atoms with Gasteiger partial charge in [-0.25, -0.2) is 13.1 Å². The van der Waals surface area contributed by atoms with E-state index in [1.807, 2.05) is 30.3 Å². The summed E-state index contributed by atoms with van der Waals surface area (Å²) in [6.07, 6.45) is 0. The molecule has 2 N–H and O–H groups in total. The van der Waals surface area contributed by atoms with E-state index >= 15 is 0 Å². The van der Waals surface area contributed by atoms with Gasteiger partial charge >= 0.3 is 0 Å². The lowest BCUT2D eigenvalue weighted by Crippen LogP contribution is -2.23. The van der Waals surface area contributed by atoms with E-state index in [2.05, 4.69) is 10.0 Å². The first kappa shape index (κ1) is 23.1. The predicted molar refractivity (Wildman–Crippen MR) is 122 cm³/mol. The number of hydrogen-bond donors (Lipinski definition) is 2. The standard InChI is InChI=1S/C22H20Cl2N2O4S/c1-15-18(23)8-5-9-20(15)26-22(27)14-30-21-11-10-17(12-19(21)24)31(28,29)25-13-16-6-3-2-4-7-16/h2-12,25H,13-14H2,1H3,(H,26,27). The highest BCUT2D eigenvalue weighted by atomic mass is 35.5. The number of nitrogens with one attached hydrogen (secondary N) is 2. The molecule has 0 fully saturated rings. The Bertz CT molecular complexity index is 1190. The molecular formula is C22H20Cl2N2O4S. The molecule has 31 heavy (non-hydrogen) atoms. The Balaban J connectivity index is 1.61. The van der Waals surface area contributed by atoms with Gasteiger partial charge in [0, 0.05) is 17.3 Å². The zero-order valence-electron chi connectivity index (χ0n) is 16.6. The second-order valence-electron chi connectivity index (χ2n) is 6.65. The van der Waals surface area contributed by atoms with Crippen LogP contribution >= 0.6 is 23.2 Å². The lowest BCUT2D eigenvalue weighted by atomic mass is 10.2. The van der Waals surface area contributed by atoms with Gasteiger partial charge in [0.15, 0.2) is 6.61 Å². The van der Waals surface area contributed by atoms with Crippen molar-refractivity contribution in [2.75, 3.05) is 11.9 Å². The molecule has 0 aliphatic heterocycles. The van der Waals surface area contributed by atoms with Crippen molar-refractivity contribution >= 4 is 44.8 Å². The Labute approximate surface area is 191 Å². The maximum Gasteiger partial charge on any atom is 0.262 e. The molecule has 0 aromatic heterocycles. The second kappa shape index (κ2) is 10.2. The first-order valence-corrected chi connectivity index (χ1v) is 11.5. The minimum atomic E-state index is -3.76. The van der Waals surface area contributed by atoms with Gasteiger partial charge in [-0.1, -0.05) is 59.6 Å². The summed E-state index contributed by atoms with van der Waals surface area (Å²) in [6, 6.07) is 18.4. The second-order valence-corrected chi connectivity index (χ2v) is 9.23. The number of hydrogen-bond acceptors (Lipinski definition) is 4. The van der Waals surface area contributed by atoms with Gasteiger partial charge in [-0.3, -0.25) is 4.79 Å². The van der Waals surface area contributed by atoms with Crippen LogP contribution in [0.4, 0.5) is 5.69 Å². The summed E-state index contributed by atoms with van der Waals surface area (Å²) < 4.78 is 33.0. The highest BCUT2D eigenvalue weighted by Gasteiger charge is 2.17. The maximum atomic E-state index is 12.5. The Morgan fingerprint density at radius 3 is 2.42 bits per heavy atom. The van der Waals surface area contributed by atoms with Crippen LogP contribution in [0.2, 0.25) is 10.0 Å². The first-order valence-electron chi connectivity index (χ1n) is 9.27. The number of anilines is 1. The van der Waals surface area contributed by atoms with E-state index in [-0.39, 0.29) is 28.8 Å². The molecule has 0 bridgehead atoms. The zero-order chi connectivity index (χ0) is 22.4. The molecule has 0 unspecified atom stereocenters. The highest BCUT2D eigenvalue weighted by Crippen LogP contribution is 2.28. The van der Waals surface area contributed by atoms with E-state index in [4.69, 9.17) is 27.9 Å². The van der Waals surface area contributed by atoms with E-state index in [1.165, 1.54) is 18.2 Å². The molecule has 0 radical (unpaired) electrons. The number of rotatable bonds is 8. The van der Waals surface area contributed by atoms with Crippen LogP contribution in [-0.4, -0.2) is 20.9 Å². The average Bonchev–Trinajstić information content (AvgIpc) is 2.75. The van der Waals surface area contributed by atoms with Gasteiger partial charge in [0.25, 0.3) is 5.91 Å². The maximum absolute atomic E-state index is 12.5. The van der Waals surface area contributed by atoms with E-state index in [0.717, 1.165) is 11.1 Å². The topological polar surface area (TPSA) is 84.5 Å². The SMILES string of the molecule is Cc1c(Cl)cccc1NC(=O)COc1ccc(S(=O)(=O)NCc2ccccc2)cc1Cl. The van der Waals surface area contributed by atoms with Gasteiger partial charge < -0.3 is 10.1 Å². The van der Waals surface area contributed by atoms with Crippen LogP contribution in [-0.2, 0) is 21.4 Å². The molecule has 0 saturated carbocycles. The fraction of sp³-hybridized carbons (Fsp3) is 0.136. The molecule has 162 valence electrons. The molecule has 0 spiro atoms. The van der Waals surface area contributed by atoms with Crippen LogP contribution in [0, 0.1) is 6.92 Å². The molecule has 0 heterocycles. The van der Waals surface area contributed by atoms with Crippen molar-refractivity contribution in [3.8, 4) is 5.75 Å². The number of benzene rings is 3. The first-order chi connectivity index (χ1) is 14.8. The fourth-order valence-corrected chi connectivity index (χ4v) is 4.21. The summed E-state index contributed by atoms with van der Waals surface area (Å²) in [5.74, 6) is -0.204. The molecule has 3 aromatic rings. The molecule has 0 aliphatic rings. The Kier molecular flexibility index (Phi) is 7.56. The van der Waals surface area contributed by atoms with Gasteiger partial charge in [-0.05, 0) is 48.4 Å². The van der Waals surface area contributed by atoms with Crippen molar-refractivity contribution in [3.63, 3.8) is 0 Å². The average molecular weight is 479 g/mol. The summed E-state index contributed by atoms with van der Waals surface area (Å²) >= 11 is 12.2. The number of halogens is 2. The summed E-state index contributed by atoms with van der Waals surface area (Å²) in [6.45, 7) is 1.65. The third-order valence-corrected chi connectivity index (χ3v) is 6.53. The molecule has 0 aliphatic carbocycles. The molecular weight excluding hydrogens is 459 g/mol. The van der Waals surface area contributed by atoms with Crippen molar-refractivity contribution in [2.45, 2.75) is 18.4 Å². The van der Waals surface area contributed by atoms with E-state index < -0.39 is 15.9 Å². The highest BCUT2D eigenvalue weighted by molar-refractivity contribution is 7.89. The molecule has 0 atom stereocenters. The van der Waals surface area contributed by atoms with Crippen LogP contribution in [0.15, 0.2) is 71.6 Å². The zero-order valence-corrected chi connectivity index (χ0v) is 18.9. The minimum absolute atomic E-state index is 0.000199. The lowest BCUT2D eigenvalue weighted by molar-refractivity contribution is -0.118. The molecule has 3 aromatic carbocycles. The van der Waals surface area contributed by atoms with Gasteiger partial charge in [0.05, 0.1) is 9.92 Å². The third-order valence-electron chi connectivity index (χ3n) is 4.42. The van der Waals surface area contributed by atoms with Gasteiger partial charge in [0.2, 0.25) is 10.0 Å². The number of carbonyl (C=O) groups is 1.